The molecule has 1 N–H and O–H groups in total. The van der Waals surface area contributed by atoms with Gasteiger partial charge in [0.25, 0.3) is 0 Å². The number of aromatic amines is 1. The van der Waals surface area contributed by atoms with Gasteiger partial charge in [-0.05, 0) is 36.6 Å². The smallest absolute Gasteiger partial charge is 0.227 e. The van der Waals surface area contributed by atoms with Gasteiger partial charge in [0.15, 0.2) is 5.82 Å². The normalized spacial score (nSPS) is 17.8. The number of nitrogens with one attached hydrogen (secondary N) is 1. The Kier molecular flexibility index (Phi) is 5.90. The minimum atomic E-state index is 0.0522. The molecule has 1 atom stereocenters. The van der Waals surface area contributed by atoms with Gasteiger partial charge in [-0.2, -0.15) is 5.10 Å². The fourth-order valence-electron chi connectivity index (χ4n) is 3.73. The van der Waals surface area contributed by atoms with E-state index in [1.165, 1.54) is 0 Å². The molecule has 4 rings (SSSR count). The lowest BCUT2D eigenvalue weighted by Gasteiger charge is -2.27. The fraction of sp³-hybridized carbons (Fsp3) is 0.381. The van der Waals surface area contributed by atoms with Crippen molar-refractivity contribution in [2.45, 2.75) is 32.4 Å². The number of H-pyrrole nitrogens is 1. The van der Waals surface area contributed by atoms with Gasteiger partial charge < -0.3 is 4.90 Å². The molecule has 29 heavy (non-hydrogen) atoms. The van der Waals surface area contributed by atoms with Gasteiger partial charge in [0.05, 0.1) is 12.5 Å². The van der Waals surface area contributed by atoms with Gasteiger partial charge in [0.2, 0.25) is 5.91 Å². The number of rotatable bonds is 5. The second-order valence-corrected chi connectivity index (χ2v) is 7.33. The van der Waals surface area contributed by atoms with Crippen molar-refractivity contribution in [2.75, 3.05) is 19.6 Å². The predicted octanol–water partition coefficient (Wildman–Crippen LogP) is 1.92. The zero-order valence-electron chi connectivity index (χ0n) is 16.5. The molecule has 1 unspecified atom stereocenters. The molecular weight excluding hydrogens is 366 g/mol. The number of aromatic nitrogens is 5. The standard InChI is InChI=1S/C21H25N7O/c1-16-24-21(26-25-16)19-6-9-27(20(29)12-17-4-2-7-22-13-17)10-11-28(19)15-18-5-3-8-23-14-18/h2-5,7-8,13-14,19H,6,9-12,15H2,1H3,(H,24,25,26). The Hall–Kier alpha value is -3.13. The SMILES string of the molecule is Cc1nc(C2CCN(C(=O)Cc3cccnc3)CCN2Cc2cccnc2)n[nH]1. The highest BCUT2D eigenvalue weighted by molar-refractivity contribution is 5.78. The van der Waals surface area contributed by atoms with Crippen LogP contribution in [0.4, 0.5) is 0 Å². The first-order valence-electron chi connectivity index (χ1n) is 9.87. The largest absolute Gasteiger partial charge is 0.341 e. The van der Waals surface area contributed by atoms with Gasteiger partial charge in [-0.1, -0.05) is 12.1 Å². The molecule has 1 saturated heterocycles. The van der Waals surface area contributed by atoms with Crippen LogP contribution in [0.5, 0.6) is 0 Å². The zero-order chi connectivity index (χ0) is 20.1. The highest BCUT2D eigenvalue weighted by atomic mass is 16.2. The molecule has 0 aliphatic carbocycles. The summed E-state index contributed by atoms with van der Waals surface area (Å²) in [5, 5.41) is 7.36. The summed E-state index contributed by atoms with van der Waals surface area (Å²) in [5.74, 6) is 1.72. The highest BCUT2D eigenvalue weighted by Gasteiger charge is 2.30. The van der Waals surface area contributed by atoms with Crippen LogP contribution < -0.4 is 0 Å². The molecule has 0 radical (unpaired) electrons. The van der Waals surface area contributed by atoms with Crippen molar-refractivity contribution in [3.63, 3.8) is 0 Å². The molecule has 1 aliphatic rings. The molecule has 0 spiro atoms. The van der Waals surface area contributed by atoms with E-state index in [9.17, 15) is 4.79 Å². The monoisotopic (exact) mass is 391 g/mol. The van der Waals surface area contributed by atoms with Gasteiger partial charge in [0, 0.05) is 51.0 Å². The topological polar surface area (TPSA) is 90.9 Å². The molecule has 1 aliphatic heterocycles. The van der Waals surface area contributed by atoms with E-state index in [-0.39, 0.29) is 11.9 Å². The van der Waals surface area contributed by atoms with Crippen LogP contribution in [0.1, 0.15) is 35.2 Å². The third kappa shape index (κ3) is 4.83. The van der Waals surface area contributed by atoms with Crippen LogP contribution in [-0.4, -0.2) is 60.5 Å². The van der Waals surface area contributed by atoms with Crippen LogP contribution in [0.15, 0.2) is 49.1 Å². The Morgan fingerprint density at radius 1 is 1.10 bits per heavy atom. The average molecular weight is 391 g/mol. The van der Waals surface area contributed by atoms with E-state index < -0.39 is 0 Å². The van der Waals surface area contributed by atoms with Gasteiger partial charge >= 0.3 is 0 Å². The van der Waals surface area contributed by atoms with Crippen LogP contribution in [0.3, 0.4) is 0 Å². The first kappa shape index (κ1) is 19.2. The van der Waals surface area contributed by atoms with Crippen molar-refractivity contribution in [1.29, 1.82) is 0 Å². The van der Waals surface area contributed by atoms with Crippen molar-refractivity contribution in [2.24, 2.45) is 0 Å². The molecular formula is C21H25N7O. The van der Waals surface area contributed by atoms with E-state index in [4.69, 9.17) is 0 Å². The van der Waals surface area contributed by atoms with Crippen molar-refractivity contribution in [3.05, 3.63) is 71.8 Å². The summed E-state index contributed by atoms with van der Waals surface area (Å²) in [6.45, 7) is 4.77. The number of aryl methyl sites for hydroxylation is 1. The summed E-state index contributed by atoms with van der Waals surface area (Å²) in [6.07, 6.45) is 8.30. The number of pyridine rings is 2. The third-order valence-electron chi connectivity index (χ3n) is 5.22. The molecule has 0 aromatic carbocycles. The van der Waals surface area contributed by atoms with Gasteiger partial charge in [-0.25, -0.2) is 4.98 Å². The van der Waals surface area contributed by atoms with Crippen molar-refractivity contribution in [3.8, 4) is 0 Å². The molecule has 3 aromatic heterocycles. The molecule has 4 heterocycles. The average Bonchev–Trinajstić information content (AvgIpc) is 3.06. The lowest BCUT2D eigenvalue weighted by molar-refractivity contribution is -0.130. The summed E-state index contributed by atoms with van der Waals surface area (Å²) >= 11 is 0. The highest BCUT2D eigenvalue weighted by Crippen LogP contribution is 2.26. The lowest BCUT2D eigenvalue weighted by atomic mass is 10.1. The minimum Gasteiger partial charge on any atom is -0.341 e. The number of carbonyl (C=O) groups is 1. The molecule has 0 saturated carbocycles. The Morgan fingerprint density at radius 2 is 1.86 bits per heavy atom. The Labute approximate surface area is 170 Å². The molecule has 150 valence electrons. The fourth-order valence-corrected chi connectivity index (χ4v) is 3.73. The number of hydrogen-bond donors (Lipinski definition) is 1. The summed E-state index contributed by atoms with van der Waals surface area (Å²) in [7, 11) is 0. The maximum Gasteiger partial charge on any atom is 0.227 e. The summed E-state index contributed by atoms with van der Waals surface area (Å²) < 4.78 is 0. The van der Waals surface area contributed by atoms with E-state index in [0.29, 0.717) is 19.5 Å². The van der Waals surface area contributed by atoms with Crippen LogP contribution in [-0.2, 0) is 17.8 Å². The van der Waals surface area contributed by atoms with E-state index in [2.05, 4.69) is 36.1 Å². The summed E-state index contributed by atoms with van der Waals surface area (Å²) in [4.78, 5) is 30.1. The van der Waals surface area contributed by atoms with Crippen LogP contribution in [0.25, 0.3) is 0 Å². The van der Waals surface area contributed by atoms with Gasteiger partial charge in [0.1, 0.15) is 5.82 Å². The van der Waals surface area contributed by atoms with Crippen LogP contribution >= 0.6 is 0 Å². The van der Waals surface area contributed by atoms with Gasteiger partial charge in [-0.3, -0.25) is 24.8 Å². The molecule has 0 bridgehead atoms. The number of hydrogen-bond acceptors (Lipinski definition) is 6. The van der Waals surface area contributed by atoms with Gasteiger partial charge in [-0.15, -0.1) is 0 Å². The minimum absolute atomic E-state index is 0.0522. The van der Waals surface area contributed by atoms with Crippen molar-refractivity contribution in [1.82, 2.24) is 34.9 Å². The van der Waals surface area contributed by atoms with E-state index >= 15 is 0 Å². The van der Waals surface area contributed by atoms with Crippen molar-refractivity contribution >= 4 is 5.91 Å². The molecule has 1 amide bonds. The van der Waals surface area contributed by atoms with E-state index in [1.54, 1.807) is 18.6 Å². The predicted molar refractivity (Wildman–Crippen MR) is 108 cm³/mol. The Bertz CT molecular complexity index is 928. The second-order valence-electron chi connectivity index (χ2n) is 7.33. The summed E-state index contributed by atoms with van der Waals surface area (Å²) in [5.41, 5.74) is 2.08. The maximum absolute atomic E-state index is 12.9. The Morgan fingerprint density at radius 3 is 2.52 bits per heavy atom. The Balaban J connectivity index is 1.50. The second kappa shape index (κ2) is 8.91. The lowest BCUT2D eigenvalue weighted by Crippen LogP contribution is -2.36. The molecule has 1 fully saturated rings. The van der Waals surface area contributed by atoms with Crippen molar-refractivity contribution < 1.29 is 4.79 Å². The third-order valence-corrected chi connectivity index (χ3v) is 5.22. The quantitative estimate of drug-likeness (QED) is 0.715. The van der Waals surface area contributed by atoms with Crippen LogP contribution in [0, 0.1) is 6.92 Å². The zero-order valence-corrected chi connectivity index (χ0v) is 16.5. The molecule has 8 heteroatoms. The number of carbonyl (C=O) groups excluding carboxylic acids is 1. The maximum atomic E-state index is 12.9. The first-order chi connectivity index (χ1) is 14.2. The molecule has 3 aromatic rings. The van der Waals surface area contributed by atoms with E-state index in [1.807, 2.05) is 36.2 Å². The van der Waals surface area contributed by atoms with E-state index in [0.717, 1.165) is 42.3 Å². The molecule has 8 nitrogen and oxygen atoms in total. The number of nitrogens with zero attached hydrogens (tertiary/aromatic N) is 6. The first-order valence-corrected chi connectivity index (χ1v) is 9.87. The number of amides is 1. The van der Waals surface area contributed by atoms with Crippen LogP contribution in [0.2, 0.25) is 0 Å². The summed E-state index contributed by atoms with van der Waals surface area (Å²) in [6, 6.07) is 7.88.